The van der Waals surface area contributed by atoms with E-state index >= 15 is 0 Å². The predicted molar refractivity (Wildman–Crippen MR) is 54.8 cm³/mol. The molecule has 0 aliphatic carbocycles. The first-order valence-corrected chi connectivity index (χ1v) is 6.01. The van der Waals surface area contributed by atoms with Crippen molar-refractivity contribution in [1.29, 1.82) is 0 Å². The van der Waals surface area contributed by atoms with Gasteiger partial charge in [-0.05, 0) is 30.0 Å². The van der Waals surface area contributed by atoms with E-state index in [-0.39, 0.29) is 0 Å². The van der Waals surface area contributed by atoms with Crippen LogP contribution in [0.5, 0.6) is 0 Å². The number of hydrogen-bond acceptors (Lipinski definition) is 2. The number of rotatable bonds is 3. The Hall–Kier alpha value is 0.0500. The third kappa shape index (κ3) is 2.00. The molecule has 0 radical (unpaired) electrons. The molecule has 62 valence electrons. The van der Waals surface area contributed by atoms with Crippen LogP contribution in [0, 0.1) is 0 Å². The summed E-state index contributed by atoms with van der Waals surface area (Å²) in [6, 6.07) is 2.22. The summed E-state index contributed by atoms with van der Waals surface area (Å²) in [7, 11) is 0. The molecule has 0 saturated heterocycles. The van der Waals surface area contributed by atoms with Gasteiger partial charge in [0.05, 0.1) is 0 Å². The van der Waals surface area contributed by atoms with E-state index in [0.29, 0.717) is 0 Å². The normalized spacial score (nSPS) is 13.4. The molecule has 0 amide bonds. The second-order valence-electron chi connectivity index (χ2n) is 2.66. The standard InChI is InChI=1S/C9H14S2/c1-4-7(2)9-8(10-3)5-6-11-9/h5-7H,4H2,1-3H3/t7-/m0/s1. The molecule has 0 saturated carbocycles. The van der Waals surface area contributed by atoms with E-state index in [4.69, 9.17) is 0 Å². The summed E-state index contributed by atoms with van der Waals surface area (Å²) in [6.07, 6.45) is 3.39. The van der Waals surface area contributed by atoms with E-state index < -0.39 is 0 Å². The number of hydrogen-bond donors (Lipinski definition) is 0. The van der Waals surface area contributed by atoms with Crippen LogP contribution in [0.25, 0.3) is 0 Å². The fourth-order valence-electron chi connectivity index (χ4n) is 1.02. The maximum Gasteiger partial charge on any atom is 0.0211 e. The Kier molecular flexibility index (Phi) is 3.46. The Bertz CT molecular complexity index is 215. The van der Waals surface area contributed by atoms with E-state index in [9.17, 15) is 0 Å². The highest BCUT2D eigenvalue weighted by Crippen LogP contribution is 2.33. The zero-order valence-electron chi connectivity index (χ0n) is 7.26. The quantitative estimate of drug-likeness (QED) is 0.643. The van der Waals surface area contributed by atoms with Gasteiger partial charge in [0.1, 0.15) is 0 Å². The van der Waals surface area contributed by atoms with Crippen molar-refractivity contribution in [2.24, 2.45) is 0 Å². The SMILES string of the molecule is CC[C@H](C)c1sccc1SC. The first kappa shape index (κ1) is 9.14. The molecule has 0 fully saturated rings. The van der Waals surface area contributed by atoms with Crippen molar-refractivity contribution in [3.05, 3.63) is 16.3 Å². The first-order chi connectivity index (χ1) is 5.29. The van der Waals surface area contributed by atoms with Gasteiger partial charge in [-0.3, -0.25) is 0 Å². The van der Waals surface area contributed by atoms with Crippen LogP contribution in [-0.2, 0) is 0 Å². The summed E-state index contributed by atoms with van der Waals surface area (Å²) < 4.78 is 0. The van der Waals surface area contributed by atoms with Crippen molar-refractivity contribution < 1.29 is 0 Å². The maximum atomic E-state index is 2.30. The van der Waals surface area contributed by atoms with Gasteiger partial charge in [0, 0.05) is 9.77 Å². The second-order valence-corrected chi connectivity index (χ2v) is 4.46. The average molecular weight is 186 g/mol. The summed E-state index contributed by atoms with van der Waals surface area (Å²) in [5.74, 6) is 0.734. The summed E-state index contributed by atoms with van der Waals surface area (Å²) in [4.78, 5) is 3.02. The van der Waals surface area contributed by atoms with Crippen molar-refractivity contribution in [1.82, 2.24) is 0 Å². The molecule has 0 aromatic carbocycles. The minimum Gasteiger partial charge on any atom is -0.147 e. The molecule has 0 aliphatic rings. The largest absolute Gasteiger partial charge is 0.147 e. The smallest absolute Gasteiger partial charge is 0.0211 e. The lowest BCUT2D eigenvalue weighted by atomic mass is 10.1. The summed E-state index contributed by atoms with van der Waals surface area (Å²) >= 11 is 3.74. The fourth-order valence-corrected chi connectivity index (χ4v) is 3.04. The van der Waals surface area contributed by atoms with E-state index in [1.165, 1.54) is 11.3 Å². The monoisotopic (exact) mass is 186 g/mol. The minimum absolute atomic E-state index is 0.734. The fraction of sp³-hybridized carbons (Fsp3) is 0.556. The van der Waals surface area contributed by atoms with Crippen LogP contribution in [0.15, 0.2) is 16.3 Å². The molecule has 0 N–H and O–H groups in total. The van der Waals surface area contributed by atoms with Gasteiger partial charge in [0.25, 0.3) is 0 Å². The van der Waals surface area contributed by atoms with Crippen LogP contribution in [0.1, 0.15) is 31.1 Å². The van der Waals surface area contributed by atoms with Crippen molar-refractivity contribution in [2.45, 2.75) is 31.1 Å². The molecule has 11 heavy (non-hydrogen) atoms. The van der Waals surface area contributed by atoms with Crippen molar-refractivity contribution >= 4 is 23.1 Å². The highest BCUT2D eigenvalue weighted by Gasteiger charge is 2.08. The van der Waals surface area contributed by atoms with Gasteiger partial charge in [0.15, 0.2) is 0 Å². The predicted octanol–water partition coefficient (Wildman–Crippen LogP) is 3.98. The zero-order valence-corrected chi connectivity index (χ0v) is 8.89. The summed E-state index contributed by atoms with van der Waals surface area (Å²) in [6.45, 7) is 4.54. The molecule has 0 nitrogen and oxygen atoms in total. The lowest BCUT2D eigenvalue weighted by Gasteiger charge is -2.07. The molecule has 1 aromatic rings. The van der Waals surface area contributed by atoms with Gasteiger partial charge in [-0.2, -0.15) is 0 Å². The van der Waals surface area contributed by atoms with Crippen LogP contribution >= 0.6 is 23.1 Å². The maximum absolute atomic E-state index is 2.30. The Labute approximate surface area is 77.0 Å². The highest BCUT2D eigenvalue weighted by molar-refractivity contribution is 7.98. The molecule has 0 spiro atoms. The molecule has 2 heteroatoms. The highest BCUT2D eigenvalue weighted by atomic mass is 32.2. The van der Waals surface area contributed by atoms with Crippen molar-refractivity contribution in [3.8, 4) is 0 Å². The lowest BCUT2D eigenvalue weighted by molar-refractivity contribution is 0.736. The number of thioether (sulfide) groups is 1. The second kappa shape index (κ2) is 4.17. The van der Waals surface area contributed by atoms with E-state index in [2.05, 4.69) is 31.5 Å². The molecular formula is C9H14S2. The Morgan fingerprint density at radius 1 is 1.64 bits per heavy atom. The van der Waals surface area contributed by atoms with Crippen LogP contribution in [0.4, 0.5) is 0 Å². The third-order valence-electron chi connectivity index (χ3n) is 1.94. The van der Waals surface area contributed by atoms with Gasteiger partial charge in [-0.25, -0.2) is 0 Å². The van der Waals surface area contributed by atoms with Gasteiger partial charge in [0.2, 0.25) is 0 Å². The molecule has 1 rings (SSSR count). The molecular weight excluding hydrogens is 172 g/mol. The summed E-state index contributed by atoms with van der Waals surface area (Å²) in [5.41, 5.74) is 0. The third-order valence-corrected chi connectivity index (χ3v) is 4.01. The van der Waals surface area contributed by atoms with Crippen LogP contribution in [-0.4, -0.2) is 6.26 Å². The first-order valence-electron chi connectivity index (χ1n) is 3.91. The molecule has 0 unspecified atom stereocenters. The Morgan fingerprint density at radius 3 is 2.91 bits per heavy atom. The van der Waals surface area contributed by atoms with Gasteiger partial charge >= 0.3 is 0 Å². The topological polar surface area (TPSA) is 0 Å². The van der Waals surface area contributed by atoms with E-state index in [0.717, 1.165) is 5.92 Å². The molecule has 1 heterocycles. The van der Waals surface area contributed by atoms with Gasteiger partial charge < -0.3 is 0 Å². The van der Waals surface area contributed by atoms with Gasteiger partial charge in [-0.1, -0.05) is 13.8 Å². The van der Waals surface area contributed by atoms with E-state index in [1.54, 1.807) is 4.88 Å². The molecule has 0 bridgehead atoms. The average Bonchev–Trinajstić information content (AvgIpc) is 2.50. The molecule has 1 aromatic heterocycles. The van der Waals surface area contributed by atoms with E-state index in [1.807, 2.05) is 23.1 Å². The van der Waals surface area contributed by atoms with Crippen LogP contribution < -0.4 is 0 Å². The van der Waals surface area contributed by atoms with Crippen molar-refractivity contribution in [2.75, 3.05) is 6.26 Å². The molecule has 1 atom stereocenters. The molecule has 0 aliphatic heterocycles. The van der Waals surface area contributed by atoms with Gasteiger partial charge in [-0.15, -0.1) is 23.1 Å². The number of thiophene rings is 1. The van der Waals surface area contributed by atoms with Crippen LogP contribution in [0.2, 0.25) is 0 Å². The Balaban J connectivity index is 2.83. The Morgan fingerprint density at radius 2 is 2.36 bits per heavy atom. The lowest BCUT2D eigenvalue weighted by Crippen LogP contribution is -1.87. The summed E-state index contributed by atoms with van der Waals surface area (Å²) in [5, 5.41) is 2.19. The minimum atomic E-state index is 0.734. The van der Waals surface area contributed by atoms with Crippen molar-refractivity contribution in [3.63, 3.8) is 0 Å². The van der Waals surface area contributed by atoms with Crippen LogP contribution in [0.3, 0.4) is 0 Å². The zero-order chi connectivity index (χ0) is 8.27.